The summed E-state index contributed by atoms with van der Waals surface area (Å²) in [5.74, 6) is -0.0710. The van der Waals surface area contributed by atoms with Gasteiger partial charge in [-0.3, -0.25) is 0 Å². The molecule has 23 heavy (non-hydrogen) atoms. The van der Waals surface area contributed by atoms with Gasteiger partial charge in [0, 0.05) is 18.6 Å². The first kappa shape index (κ1) is 16.2. The number of hydrogen-bond acceptors (Lipinski definition) is 3. The molecule has 0 aromatic heterocycles. The number of carbonyl (C=O) groups is 1. The maximum absolute atomic E-state index is 13.0. The molecular weight excluding hydrogens is 319 g/mol. The number of rotatable bonds is 4. The number of urea groups is 1. The Kier molecular flexibility index (Phi) is 4.57. The fraction of sp³-hybridized carbons (Fsp3) is 0.562. The summed E-state index contributed by atoms with van der Waals surface area (Å²) in [4.78, 5) is 14.3. The van der Waals surface area contributed by atoms with Gasteiger partial charge in [-0.15, -0.1) is 0 Å². The summed E-state index contributed by atoms with van der Waals surface area (Å²) >= 11 is 0. The van der Waals surface area contributed by atoms with Crippen LogP contribution in [0.1, 0.15) is 31.2 Å². The van der Waals surface area contributed by atoms with Crippen LogP contribution in [-0.2, 0) is 16.4 Å². The third-order valence-electron chi connectivity index (χ3n) is 4.31. The van der Waals surface area contributed by atoms with Gasteiger partial charge >= 0.3 is 6.03 Å². The highest BCUT2D eigenvalue weighted by atomic mass is 32.2. The van der Waals surface area contributed by atoms with Crippen molar-refractivity contribution in [3.8, 4) is 0 Å². The second-order valence-electron chi connectivity index (χ2n) is 6.39. The van der Waals surface area contributed by atoms with Gasteiger partial charge in [0.05, 0.1) is 11.5 Å². The number of halogens is 1. The maximum atomic E-state index is 13.0. The van der Waals surface area contributed by atoms with E-state index in [4.69, 9.17) is 0 Å². The minimum atomic E-state index is -3.05. The van der Waals surface area contributed by atoms with Crippen molar-refractivity contribution in [3.05, 3.63) is 35.6 Å². The van der Waals surface area contributed by atoms with E-state index in [1.54, 1.807) is 17.0 Å². The highest BCUT2D eigenvalue weighted by Gasteiger charge is 2.34. The van der Waals surface area contributed by atoms with E-state index in [0.717, 1.165) is 18.4 Å². The van der Waals surface area contributed by atoms with E-state index in [-0.39, 0.29) is 35.4 Å². The molecule has 126 valence electrons. The smallest absolute Gasteiger partial charge is 0.318 e. The Bertz CT molecular complexity index is 671. The quantitative estimate of drug-likeness (QED) is 0.912. The third-order valence-corrected chi connectivity index (χ3v) is 6.13. The number of nitrogens with one attached hydrogen (secondary N) is 1. The Morgan fingerprint density at radius 1 is 1.22 bits per heavy atom. The molecule has 1 N–H and O–H groups in total. The van der Waals surface area contributed by atoms with Gasteiger partial charge < -0.3 is 10.2 Å². The molecule has 1 aliphatic carbocycles. The van der Waals surface area contributed by atoms with Crippen LogP contribution in [0.5, 0.6) is 0 Å². The number of nitrogens with zero attached hydrogens (tertiary/aromatic N) is 1. The summed E-state index contributed by atoms with van der Waals surface area (Å²) in [5.41, 5.74) is 0.865. The molecule has 7 heteroatoms. The van der Waals surface area contributed by atoms with Gasteiger partial charge in [0.15, 0.2) is 9.84 Å². The molecule has 0 spiro atoms. The van der Waals surface area contributed by atoms with Crippen LogP contribution in [0.4, 0.5) is 9.18 Å². The van der Waals surface area contributed by atoms with Gasteiger partial charge in [0.1, 0.15) is 5.82 Å². The SMILES string of the molecule is O=C(N[C@H]1CCCS(=O)(=O)C1)N(Cc1ccc(F)cc1)C1CC1. The molecule has 1 saturated heterocycles. The fourth-order valence-corrected chi connectivity index (χ4v) is 4.57. The van der Waals surface area contributed by atoms with Gasteiger partial charge in [-0.25, -0.2) is 17.6 Å². The molecular formula is C16H21FN2O3S. The molecule has 1 atom stereocenters. The van der Waals surface area contributed by atoms with Gasteiger partial charge in [-0.05, 0) is 43.4 Å². The molecule has 0 unspecified atom stereocenters. The van der Waals surface area contributed by atoms with Crippen molar-refractivity contribution in [2.45, 2.75) is 44.3 Å². The molecule has 0 radical (unpaired) electrons. The average Bonchev–Trinajstić information content (AvgIpc) is 3.30. The van der Waals surface area contributed by atoms with Crippen molar-refractivity contribution in [2.24, 2.45) is 0 Å². The minimum absolute atomic E-state index is 0.0216. The minimum Gasteiger partial charge on any atom is -0.334 e. The molecule has 2 fully saturated rings. The van der Waals surface area contributed by atoms with Gasteiger partial charge in [-0.2, -0.15) is 0 Å². The van der Waals surface area contributed by atoms with Crippen molar-refractivity contribution in [3.63, 3.8) is 0 Å². The molecule has 1 saturated carbocycles. The predicted molar refractivity (Wildman–Crippen MR) is 85.2 cm³/mol. The summed E-state index contributed by atoms with van der Waals surface area (Å²) < 4.78 is 36.3. The largest absolute Gasteiger partial charge is 0.334 e. The lowest BCUT2D eigenvalue weighted by Gasteiger charge is -2.28. The first-order valence-corrected chi connectivity index (χ1v) is 9.77. The number of benzene rings is 1. The first-order valence-electron chi connectivity index (χ1n) is 7.95. The van der Waals surface area contributed by atoms with Gasteiger partial charge in [-0.1, -0.05) is 12.1 Å². The van der Waals surface area contributed by atoms with Crippen molar-refractivity contribution < 1.29 is 17.6 Å². The number of amides is 2. The molecule has 5 nitrogen and oxygen atoms in total. The van der Waals surface area contributed by atoms with Crippen LogP contribution >= 0.6 is 0 Å². The molecule has 2 amide bonds. The molecule has 1 heterocycles. The van der Waals surface area contributed by atoms with Crippen LogP contribution in [-0.4, -0.2) is 42.9 Å². The zero-order valence-electron chi connectivity index (χ0n) is 12.9. The monoisotopic (exact) mass is 340 g/mol. The Morgan fingerprint density at radius 3 is 2.52 bits per heavy atom. The summed E-state index contributed by atoms with van der Waals surface area (Å²) in [5, 5.41) is 2.86. The van der Waals surface area contributed by atoms with Crippen LogP contribution < -0.4 is 5.32 Å². The number of sulfone groups is 1. The summed E-state index contributed by atoms with van der Waals surface area (Å²) in [6.45, 7) is 0.413. The van der Waals surface area contributed by atoms with Crippen molar-refractivity contribution in [1.82, 2.24) is 10.2 Å². The summed E-state index contributed by atoms with van der Waals surface area (Å²) in [7, 11) is -3.05. The van der Waals surface area contributed by atoms with E-state index in [0.29, 0.717) is 19.4 Å². The number of hydrogen-bond donors (Lipinski definition) is 1. The normalized spacial score (nSPS) is 23.3. The molecule has 1 aromatic carbocycles. The van der Waals surface area contributed by atoms with E-state index in [2.05, 4.69) is 5.32 Å². The van der Waals surface area contributed by atoms with Gasteiger partial charge in [0.2, 0.25) is 0 Å². The predicted octanol–water partition coefficient (Wildman–Crippen LogP) is 2.08. The van der Waals surface area contributed by atoms with Gasteiger partial charge in [0.25, 0.3) is 0 Å². The lowest BCUT2D eigenvalue weighted by Crippen LogP contribution is -2.49. The topological polar surface area (TPSA) is 66.5 Å². The van der Waals surface area contributed by atoms with E-state index < -0.39 is 9.84 Å². The highest BCUT2D eigenvalue weighted by Crippen LogP contribution is 2.28. The van der Waals surface area contributed by atoms with Crippen LogP contribution in [0, 0.1) is 5.82 Å². The lowest BCUT2D eigenvalue weighted by atomic mass is 10.2. The lowest BCUT2D eigenvalue weighted by molar-refractivity contribution is 0.188. The zero-order chi connectivity index (χ0) is 16.4. The highest BCUT2D eigenvalue weighted by molar-refractivity contribution is 7.91. The Balaban J connectivity index is 1.64. The first-order chi connectivity index (χ1) is 10.9. The van der Waals surface area contributed by atoms with Crippen LogP contribution in [0.3, 0.4) is 0 Å². The molecule has 2 aliphatic rings. The molecule has 1 aliphatic heterocycles. The van der Waals surface area contributed by atoms with E-state index in [1.807, 2.05) is 0 Å². The third kappa shape index (κ3) is 4.43. The Hall–Kier alpha value is -1.63. The second kappa shape index (κ2) is 6.47. The standard InChI is InChI=1S/C16H21FN2O3S/c17-13-5-3-12(4-6-13)10-19(15-7-8-15)16(20)18-14-2-1-9-23(21,22)11-14/h3-6,14-15H,1-2,7-11H2,(H,18,20)/t14-/m0/s1. The molecule has 0 bridgehead atoms. The van der Waals surface area contributed by atoms with Crippen LogP contribution in [0.2, 0.25) is 0 Å². The summed E-state index contributed by atoms with van der Waals surface area (Å²) in [6.07, 6.45) is 3.20. The molecule has 1 aromatic rings. The van der Waals surface area contributed by atoms with Crippen molar-refractivity contribution >= 4 is 15.9 Å². The van der Waals surface area contributed by atoms with Crippen molar-refractivity contribution in [2.75, 3.05) is 11.5 Å². The zero-order valence-corrected chi connectivity index (χ0v) is 13.7. The maximum Gasteiger partial charge on any atom is 0.318 e. The molecule has 3 rings (SSSR count). The Morgan fingerprint density at radius 2 is 1.91 bits per heavy atom. The van der Waals surface area contributed by atoms with Crippen LogP contribution in [0.15, 0.2) is 24.3 Å². The van der Waals surface area contributed by atoms with Crippen molar-refractivity contribution in [1.29, 1.82) is 0 Å². The average molecular weight is 340 g/mol. The summed E-state index contributed by atoms with van der Waals surface area (Å²) in [6, 6.07) is 5.76. The number of carbonyl (C=O) groups excluding carboxylic acids is 1. The van der Waals surface area contributed by atoms with E-state index >= 15 is 0 Å². The second-order valence-corrected chi connectivity index (χ2v) is 8.62. The van der Waals surface area contributed by atoms with Crippen LogP contribution in [0.25, 0.3) is 0 Å². The Labute approximate surface area is 135 Å². The fourth-order valence-electron chi connectivity index (χ4n) is 2.93. The van der Waals surface area contributed by atoms with E-state index in [9.17, 15) is 17.6 Å². The van der Waals surface area contributed by atoms with E-state index in [1.165, 1.54) is 12.1 Å².